The second-order valence-electron chi connectivity index (χ2n) is 5.76. The molecule has 1 heterocycles. The molecule has 0 aliphatic carbocycles. The van der Waals surface area contributed by atoms with Crippen LogP contribution >= 0.6 is 12.6 Å². The summed E-state index contributed by atoms with van der Waals surface area (Å²) >= 11 is 3.83. The number of hydrogen-bond acceptors (Lipinski definition) is 7. The Morgan fingerprint density at radius 1 is 1.32 bits per heavy atom. The summed E-state index contributed by atoms with van der Waals surface area (Å²) in [7, 11) is 0. The van der Waals surface area contributed by atoms with Crippen molar-refractivity contribution < 1.29 is 29.4 Å². The first-order valence-corrected chi connectivity index (χ1v) is 8.48. The average Bonchev–Trinajstić information content (AvgIpc) is 3.05. The maximum absolute atomic E-state index is 12.4. The molecule has 0 aromatic heterocycles. The summed E-state index contributed by atoms with van der Waals surface area (Å²) < 4.78 is 0. The molecule has 0 aromatic carbocycles. The summed E-state index contributed by atoms with van der Waals surface area (Å²) in [5, 5.41) is 23.3. The smallest absolute Gasteiger partial charge is 0.327 e. The van der Waals surface area contributed by atoms with E-state index in [-0.39, 0.29) is 18.2 Å². The van der Waals surface area contributed by atoms with Gasteiger partial charge in [0.2, 0.25) is 17.7 Å². The second-order valence-corrected chi connectivity index (χ2v) is 6.12. The van der Waals surface area contributed by atoms with Gasteiger partial charge in [-0.3, -0.25) is 14.4 Å². The average molecular weight is 376 g/mol. The second kappa shape index (κ2) is 9.59. The van der Waals surface area contributed by atoms with Crippen molar-refractivity contribution in [2.45, 2.75) is 44.0 Å². The Bertz CT molecular complexity index is 529. The maximum Gasteiger partial charge on any atom is 0.327 e. The van der Waals surface area contributed by atoms with Gasteiger partial charge in [-0.05, 0) is 19.8 Å². The molecule has 1 saturated heterocycles. The topological polar surface area (TPSA) is 162 Å². The van der Waals surface area contributed by atoms with Crippen molar-refractivity contribution in [1.29, 1.82) is 0 Å². The van der Waals surface area contributed by atoms with E-state index in [0.717, 1.165) is 0 Å². The van der Waals surface area contributed by atoms with Crippen LogP contribution in [0.15, 0.2) is 0 Å². The van der Waals surface area contributed by atoms with Crippen LogP contribution < -0.4 is 16.4 Å². The predicted molar refractivity (Wildman–Crippen MR) is 90.8 cm³/mol. The van der Waals surface area contributed by atoms with E-state index in [1.807, 2.05) is 0 Å². The van der Waals surface area contributed by atoms with E-state index in [1.54, 1.807) is 0 Å². The number of thiol groups is 1. The highest BCUT2D eigenvalue weighted by atomic mass is 32.1. The molecule has 1 aliphatic rings. The number of nitrogens with one attached hydrogen (secondary N) is 2. The number of hydrogen-bond donors (Lipinski definition) is 6. The fourth-order valence-electron chi connectivity index (χ4n) is 2.56. The van der Waals surface area contributed by atoms with Crippen LogP contribution in [0.1, 0.15) is 19.8 Å². The number of carboxylic acids is 1. The van der Waals surface area contributed by atoms with Crippen molar-refractivity contribution in [1.82, 2.24) is 15.5 Å². The molecule has 0 bridgehead atoms. The van der Waals surface area contributed by atoms with Gasteiger partial charge < -0.3 is 31.5 Å². The van der Waals surface area contributed by atoms with Crippen molar-refractivity contribution in [3.63, 3.8) is 0 Å². The third-order valence-corrected chi connectivity index (χ3v) is 4.28. The molecular formula is C14H24N4O6S. The minimum Gasteiger partial charge on any atom is -0.480 e. The molecule has 1 rings (SSSR count). The molecule has 4 atom stereocenters. The highest BCUT2D eigenvalue weighted by Crippen LogP contribution is 2.17. The number of nitrogens with two attached hydrogens (primary N) is 1. The Labute approximate surface area is 150 Å². The monoisotopic (exact) mass is 376 g/mol. The third-order valence-electron chi connectivity index (χ3n) is 3.91. The summed E-state index contributed by atoms with van der Waals surface area (Å²) in [6.07, 6.45) is -0.227. The van der Waals surface area contributed by atoms with E-state index in [4.69, 9.17) is 10.8 Å². The summed E-state index contributed by atoms with van der Waals surface area (Å²) in [6, 6.07) is -3.38. The van der Waals surface area contributed by atoms with E-state index in [0.29, 0.717) is 19.4 Å². The van der Waals surface area contributed by atoms with Gasteiger partial charge in [0, 0.05) is 12.3 Å². The van der Waals surface area contributed by atoms with Gasteiger partial charge in [-0.25, -0.2) is 4.79 Å². The predicted octanol–water partition coefficient (Wildman–Crippen LogP) is -2.70. The number of carboxylic acid groups (broad SMARTS) is 1. The van der Waals surface area contributed by atoms with Crippen LogP contribution in [0.2, 0.25) is 0 Å². The van der Waals surface area contributed by atoms with Crippen LogP contribution in [0.4, 0.5) is 0 Å². The molecule has 0 aromatic rings. The molecule has 4 unspecified atom stereocenters. The number of aliphatic hydroxyl groups excluding tert-OH is 1. The lowest BCUT2D eigenvalue weighted by Gasteiger charge is -2.27. The van der Waals surface area contributed by atoms with Crippen LogP contribution in [0.5, 0.6) is 0 Å². The number of carbonyl (C=O) groups excluding carboxylic acids is 3. The van der Waals surface area contributed by atoms with Gasteiger partial charge >= 0.3 is 5.97 Å². The number of nitrogens with zero attached hydrogens (tertiary/aromatic N) is 1. The number of carbonyl (C=O) groups is 4. The molecule has 10 nitrogen and oxygen atoms in total. The first kappa shape index (κ1) is 21.2. The van der Waals surface area contributed by atoms with E-state index in [2.05, 4.69) is 23.3 Å². The standard InChI is InChI=1S/C14H24N4O6S/c1-7(19)11(13(22)16-8(6-25)14(23)24)17-12(21)9-3-2-4-18(9)10(20)5-15/h7-9,11,19,25H,2-6,15H2,1H3,(H,16,22)(H,17,21)(H,23,24). The fraction of sp³-hybridized carbons (Fsp3) is 0.714. The van der Waals surface area contributed by atoms with E-state index in [9.17, 15) is 24.3 Å². The minimum atomic E-state index is -1.36. The van der Waals surface area contributed by atoms with Gasteiger partial charge in [0.05, 0.1) is 12.6 Å². The fourth-order valence-corrected chi connectivity index (χ4v) is 2.80. The molecular weight excluding hydrogens is 352 g/mol. The molecule has 11 heteroatoms. The summed E-state index contributed by atoms with van der Waals surface area (Å²) in [6.45, 7) is 1.45. The number of likely N-dealkylation sites (tertiary alicyclic amines) is 1. The van der Waals surface area contributed by atoms with Gasteiger partial charge in [0.15, 0.2) is 0 Å². The lowest BCUT2D eigenvalue weighted by atomic mass is 10.1. The summed E-state index contributed by atoms with van der Waals surface area (Å²) in [5.74, 6) is -3.26. The van der Waals surface area contributed by atoms with Crippen LogP contribution in [0.25, 0.3) is 0 Å². The zero-order valence-corrected chi connectivity index (χ0v) is 14.7. The zero-order chi connectivity index (χ0) is 19.1. The number of aliphatic carboxylic acids is 1. The Morgan fingerprint density at radius 3 is 2.44 bits per heavy atom. The Hall–Kier alpha value is -1.85. The number of amides is 3. The first-order chi connectivity index (χ1) is 11.7. The molecule has 142 valence electrons. The summed E-state index contributed by atoms with van der Waals surface area (Å²) in [5.41, 5.74) is 5.32. The van der Waals surface area contributed by atoms with Gasteiger partial charge in [-0.1, -0.05) is 0 Å². The Balaban J connectivity index is 2.80. The van der Waals surface area contributed by atoms with Crippen molar-refractivity contribution in [2.24, 2.45) is 5.73 Å². The van der Waals surface area contributed by atoms with Crippen molar-refractivity contribution in [2.75, 3.05) is 18.8 Å². The first-order valence-electron chi connectivity index (χ1n) is 7.84. The molecule has 1 fully saturated rings. The van der Waals surface area contributed by atoms with Crippen LogP contribution in [0.3, 0.4) is 0 Å². The SMILES string of the molecule is CC(O)C(NC(=O)C1CCCN1C(=O)CN)C(=O)NC(CS)C(=O)O. The molecule has 1 aliphatic heterocycles. The number of rotatable bonds is 8. The zero-order valence-electron chi connectivity index (χ0n) is 13.8. The maximum atomic E-state index is 12.4. The van der Waals surface area contributed by atoms with Gasteiger partial charge in [-0.15, -0.1) is 0 Å². The van der Waals surface area contributed by atoms with Gasteiger partial charge in [-0.2, -0.15) is 12.6 Å². The molecule has 6 N–H and O–H groups in total. The largest absolute Gasteiger partial charge is 0.480 e. The Morgan fingerprint density at radius 2 is 1.96 bits per heavy atom. The highest BCUT2D eigenvalue weighted by molar-refractivity contribution is 7.80. The molecule has 0 radical (unpaired) electrons. The summed E-state index contributed by atoms with van der Waals surface area (Å²) in [4.78, 5) is 48.7. The Kier molecular flexibility index (Phi) is 8.13. The van der Waals surface area contributed by atoms with Crippen molar-refractivity contribution in [3.8, 4) is 0 Å². The molecule has 0 spiro atoms. The van der Waals surface area contributed by atoms with E-state index < -0.39 is 42.0 Å². The minimum absolute atomic E-state index is 0.150. The molecule has 25 heavy (non-hydrogen) atoms. The van der Waals surface area contributed by atoms with Crippen LogP contribution in [0, 0.1) is 0 Å². The van der Waals surface area contributed by atoms with Crippen LogP contribution in [-0.2, 0) is 19.2 Å². The van der Waals surface area contributed by atoms with Gasteiger partial charge in [0.1, 0.15) is 18.1 Å². The highest BCUT2D eigenvalue weighted by Gasteiger charge is 2.36. The molecule has 3 amide bonds. The van der Waals surface area contributed by atoms with E-state index >= 15 is 0 Å². The molecule has 0 saturated carbocycles. The quantitative estimate of drug-likeness (QED) is 0.251. The lowest BCUT2D eigenvalue weighted by Crippen LogP contribution is -2.59. The normalized spacial score (nSPS) is 20.5. The van der Waals surface area contributed by atoms with Crippen molar-refractivity contribution in [3.05, 3.63) is 0 Å². The lowest BCUT2D eigenvalue weighted by molar-refractivity contribution is -0.143. The van der Waals surface area contributed by atoms with Gasteiger partial charge in [0.25, 0.3) is 0 Å². The van der Waals surface area contributed by atoms with Crippen molar-refractivity contribution >= 4 is 36.3 Å². The third kappa shape index (κ3) is 5.58. The van der Waals surface area contributed by atoms with E-state index in [1.165, 1.54) is 11.8 Å². The number of aliphatic hydroxyl groups is 1. The van der Waals surface area contributed by atoms with Crippen LogP contribution in [-0.4, -0.2) is 81.9 Å².